The van der Waals surface area contributed by atoms with Gasteiger partial charge in [-0.15, -0.1) is 0 Å². The topological polar surface area (TPSA) is 64.3 Å². The largest absolute Gasteiger partial charge is 0.383 e. The van der Waals surface area contributed by atoms with Crippen molar-refractivity contribution < 1.29 is 9.53 Å². The monoisotopic (exact) mass is 278 g/mol. The SMILES string of the molecule is COCC(CC(C)(C)C)NCc1cccc(C(N)=O)c1. The predicted molar refractivity (Wildman–Crippen MR) is 81.5 cm³/mol. The van der Waals surface area contributed by atoms with Crippen molar-refractivity contribution in [3.05, 3.63) is 35.4 Å². The molecule has 20 heavy (non-hydrogen) atoms. The number of nitrogens with one attached hydrogen (secondary N) is 1. The molecule has 0 fully saturated rings. The molecule has 1 rings (SSSR count). The van der Waals surface area contributed by atoms with Crippen LogP contribution in [0.5, 0.6) is 0 Å². The minimum atomic E-state index is -0.394. The van der Waals surface area contributed by atoms with Crippen molar-refractivity contribution in [1.29, 1.82) is 0 Å². The maximum absolute atomic E-state index is 11.2. The molecule has 4 nitrogen and oxygen atoms in total. The molecule has 0 aromatic heterocycles. The van der Waals surface area contributed by atoms with E-state index in [9.17, 15) is 4.79 Å². The molecular formula is C16H26N2O2. The number of carbonyl (C=O) groups is 1. The van der Waals surface area contributed by atoms with Crippen molar-refractivity contribution in [2.45, 2.75) is 39.8 Å². The summed E-state index contributed by atoms with van der Waals surface area (Å²) in [5.41, 5.74) is 7.13. The van der Waals surface area contributed by atoms with Gasteiger partial charge in [-0.05, 0) is 29.5 Å². The molecule has 3 N–H and O–H groups in total. The molecule has 0 aliphatic carbocycles. The van der Waals surface area contributed by atoms with Crippen LogP contribution in [0.2, 0.25) is 0 Å². The molecule has 0 saturated carbocycles. The lowest BCUT2D eigenvalue weighted by Gasteiger charge is -2.26. The molecule has 1 amide bonds. The average molecular weight is 278 g/mol. The van der Waals surface area contributed by atoms with Crippen molar-refractivity contribution >= 4 is 5.91 Å². The van der Waals surface area contributed by atoms with Gasteiger partial charge in [-0.1, -0.05) is 32.9 Å². The molecule has 4 heteroatoms. The van der Waals surface area contributed by atoms with Crippen LogP contribution in [-0.4, -0.2) is 25.7 Å². The number of methoxy groups -OCH3 is 1. The normalized spacial score (nSPS) is 13.2. The third-order valence-electron chi connectivity index (χ3n) is 3.03. The number of nitrogens with two attached hydrogens (primary N) is 1. The number of amides is 1. The Bertz CT molecular complexity index is 438. The molecule has 0 saturated heterocycles. The number of primary amides is 1. The second-order valence-corrected chi connectivity index (χ2v) is 6.36. The molecule has 0 heterocycles. The van der Waals surface area contributed by atoms with Crippen molar-refractivity contribution in [2.75, 3.05) is 13.7 Å². The van der Waals surface area contributed by atoms with Gasteiger partial charge in [0, 0.05) is 25.3 Å². The minimum absolute atomic E-state index is 0.241. The van der Waals surface area contributed by atoms with Crippen LogP contribution in [0, 0.1) is 5.41 Å². The number of carbonyl (C=O) groups excluding carboxylic acids is 1. The van der Waals surface area contributed by atoms with E-state index >= 15 is 0 Å². The first-order chi connectivity index (χ1) is 9.31. The molecule has 0 aliphatic rings. The Hall–Kier alpha value is -1.39. The summed E-state index contributed by atoms with van der Waals surface area (Å²) in [5, 5.41) is 3.48. The van der Waals surface area contributed by atoms with Crippen molar-refractivity contribution in [2.24, 2.45) is 11.1 Å². The lowest BCUT2D eigenvalue weighted by atomic mass is 9.88. The van der Waals surface area contributed by atoms with E-state index < -0.39 is 5.91 Å². The van der Waals surface area contributed by atoms with E-state index in [1.807, 2.05) is 18.2 Å². The fourth-order valence-corrected chi connectivity index (χ4v) is 2.23. The van der Waals surface area contributed by atoms with Gasteiger partial charge in [0.2, 0.25) is 5.91 Å². The number of benzene rings is 1. The van der Waals surface area contributed by atoms with Gasteiger partial charge in [0.15, 0.2) is 0 Å². The van der Waals surface area contributed by atoms with Crippen LogP contribution in [0.25, 0.3) is 0 Å². The quantitative estimate of drug-likeness (QED) is 0.804. The average Bonchev–Trinajstić information content (AvgIpc) is 2.35. The Morgan fingerprint density at radius 2 is 2.10 bits per heavy atom. The summed E-state index contributed by atoms with van der Waals surface area (Å²) in [6, 6.07) is 7.69. The Kier molecular flexibility index (Phi) is 6.17. The highest BCUT2D eigenvalue weighted by Crippen LogP contribution is 2.21. The summed E-state index contributed by atoms with van der Waals surface area (Å²) in [4.78, 5) is 11.2. The summed E-state index contributed by atoms with van der Waals surface area (Å²) in [5.74, 6) is -0.394. The summed E-state index contributed by atoms with van der Waals surface area (Å²) in [7, 11) is 1.71. The molecule has 1 atom stereocenters. The van der Waals surface area contributed by atoms with Crippen molar-refractivity contribution in [1.82, 2.24) is 5.32 Å². The smallest absolute Gasteiger partial charge is 0.248 e. The Balaban J connectivity index is 2.62. The van der Waals surface area contributed by atoms with E-state index in [-0.39, 0.29) is 11.5 Å². The van der Waals surface area contributed by atoms with E-state index in [0.717, 1.165) is 12.0 Å². The summed E-state index contributed by atoms with van der Waals surface area (Å²) >= 11 is 0. The van der Waals surface area contributed by atoms with E-state index in [1.54, 1.807) is 13.2 Å². The fraction of sp³-hybridized carbons (Fsp3) is 0.562. The van der Waals surface area contributed by atoms with E-state index in [2.05, 4.69) is 26.1 Å². The Morgan fingerprint density at radius 1 is 1.40 bits per heavy atom. The lowest BCUT2D eigenvalue weighted by molar-refractivity contribution is 0.1000. The first-order valence-electron chi connectivity index (χ1n) is 6.93. The number of rotatable bonds is 7. The second-order valence-electron chi connectivity index (χ2n) is 6.36. The third-order valence-corrected chi connectivity index (χ3v) is 3.03. The van der Waals surface area contributed by atoms with Gasteiger partial charge in [-0.25, -0.2) is 0 Å². The molecule has 1 aromatic rings. The van der Waals surface area contributed by atoms with Crippen LogP contribution < -0.4 is 11.1 Å². The molecule has 112 valence electrons. The van der Waals surface area contributed by atoms with Crippen molar-refractivity contribution in [3.63, 3.8) is 0 Å². The second kappa shape index (κ2) is 7.41. The third kappa shape index (κ3) is 6.17. The number of hydrogen-bond donors (Lipinski definition) is 2. The van der Waals surface area contributed by atoms with Crippen LogP contribution in [-0.2, 0) is 11.3 Å². The first kappa shape index (κ1) is 16.7. The van der Waals surface area contributed by atoms with E-state index in [4.69, 9.17) is 10.5 Å². The van der Waals surface area contributed by atoms with Crippen LogP contribution in [0.4, 0.5) is 0 Å². The predicted octanol–water partition coefficient (Wildman–Crippen LogP) is 2.33. The minimum Gasteiger partial charge on any atom is -0.383 e. The zero-order valence-electron chi connectivity index (χ0n) is 12.9. The van der Waals surface area contributed by atoms with Gasteiger partial charge in [-0.2, -0.15) is 0 Å². The molecule has 1 unspecified atom stereocenters. The van der Waals surface area contributed by atoms with Crippen LogP contribution in [0.15, 0.2) is 24.3 Å². The Morgan fingerprint density at radius 3 is 2.65 bits per heavy atom. The highest BCUT2D eigenvalue weighted by Gasteiger charge is 2.18. The molecular weight excluding hydrogens is 252 g/mol. The molecule has 0 aliphatic heterocycles. The van der Waals surface area contributed by atoms with E-state index in [0.29, 0.717) is 18.7 Å². The maximum Gasteiger partial charge on any atom is 0.248 e. The molecule has 0 spiro atoms. The highest BCUT2D eigenvalue weighted by molar-refractivity contribution is 5.92. The van der Waals surface area contributed by atoms with Gasteiger partial charge in [-0.3, -0.25) is 4.79 Å². The lowest BCUT2D eigenvalue weighted by Crippen LogP contribution is -2.36. The summed E-state index contributed by atoms with van der Waals surface area (Å²) in [6.45, 7) is 8.01. The fourth-order valence-electron chi connectivity index (χ4n) is 2.23. The van der Waals surface area contributed by atoms with Gasteiger partial charge in [0.25, 0.3) is 0 Å². The van der Waals surface area contributed by atoms with Crippen molar-refractivity contribution in [3.8, 4) is 0 Å². The number of hydrogen-bond acceptors (Lipinski definition) is 3. The van der Waals surface area contributed by atoms with Crippen LogP contribution in [0.1, 0.15) is 43.1 Å². The molecule has 1 aromatic carbocycles. The maximum atomic E-state index is 11.2. The van der Waals surface area contributed by atoms with E-state index in [1.165, 1.54) is 0 Å². The van der Waals surface area contributed by atoms with Gasteiger partial charge in [0.1, 0.15) is 0 Å². The van der Waals surface area contributed by atoms with Crippen LogP contribution >= 0.6 is 0 Å². The zero-order chi connectivity index (χ0) is 15.2. The van der Waals surface area contributed by atoms with Gasteiger partial charge >= 0.3 is 0 Å². The first-order valence-corrected chi connectivity index (χ1v) is 6.93. The Labute approximate surface area is 121 Å². The summed E-state index contributed by atoms with van der Waals surface area (Å²) < 4.78 is 5.26. The number of ether oxygens (including phenoxy) is 1. The van der Waals surface area contributed by atoms with Gasteiger partial charge < -0.3 is 15.8 Å². The standard InChI is InChI=1S/C16H26N2O2/c1-16(2,3)9-14(11-20-4)18-10-12-6-5-7-13(8-12)15(17)19/h5-8,14,18H,9-11H2,1-4H3,(H2,17,19). The van der Waals surface area contributed by atoms with Crippen LogP contribution in [0.3, 0.4) is 0 Å². The molecule has 0 bridgehead atoms. The zero-order valence-corrected chi connectivity index (χ0v) is 12.9. The summed E-state index contributed by atoms with van der Waals surface area (Å²) in [6.07, 6.45) is 1.02. The highest BCUT2D eigenvalue weighted by atomic mass is 16.5. The van der Waals surface area contributed by atoms with Gasteiger partial charge in [0.05, 0.1) is 6.61 Å². The molecule has 0 radical (unpaired) electrons.